The molecule has 0 aliphatic heterocycles. The Morgan fingerprint density at radius 2 is 1.69 bits per heavy atom. The highest BCUT2D eigenvalue weighted by molar-refractivity contribution is 14.1. The summed E-state index contributed by atoms with van der Waals surface area (Å²) in [5, 5.41) is 14.0. The van der Waals surface area contributed by atoms with E-state index in [4.69, 9.17) is 0 Å². The zero-order valence-corrected chi connectivity index (χ0v) is 15.7. The molecule has 26 heavy (non-hydrogen) atoms. The van der Waals surface area contributed by atoms with Crippen molar-refractivity contribution in [2.24, 2.45) is 0 Å². The van der Waals surface area contributed by atoms with Gasteiger partial charge >= 0.3 is 0 Å². The van der Waals surface area contributed by atoms with Crippen LogP contribution in [0.2, 0.25) is 0 Å². The number of nitro benzene ring substituents is 1. The van der Waals surface area contributed by atoms with E-state index in [-0.39, 0.29) is 23.2 Å². The van der Waals surface area contributed by atoms with Gasteiger partial charge in [-0.3, -0.25) is 19.9 Å². The SMILES string of the molecule is O=C(NC(c1ccccc1)c1ccncc1)c1cc([N+](=O)[O-])ccc1I. The first-order valence-corrected chi connectivity index (χ1v) is 8.84. The van der Waals surface area contributed by atoms with E-state index in [0.717, 1.165) is 11.1 Å². The van der Waals surface area contributed by atoms with Crippen molar-refractivity contribution in [3.05, 3.63) is 103 Å². The number of non-ortho nitro benzene ring substituents is 1. The minimum Gasteiger partial charge on any atom is -0.341 e. The van der Waals surface area contributed by atoms with E-state index >= 15 is 0 Å². The van der Waals surface area contributed by atoms with Crippen LogP contribution in [0.3, 0.4) is 0 Å². The molecular weight excluding hydrogens is 445 g/mol. The lowest BCUT2D eigenvalue weighted by Gasteiger charge is -2.20. The van der Waals surface area contributed by atoms with Crippen molar-refractivity contribution in [1.82, 2.24) is 10.3 Å². The van der Waals surface area contributed by atoms with Crippen LogP contribution in [0.4, 0.5) is 5.69 Å². The van der Waals surface area contributed by atoms with E-state index in [1.165, 1.54) is 12.1 Å². The normalized spacial score (nSPS) is 11.6. The van der Waals surface area contributed by atoms with E-state index < -0.39 is 4.92 Å². The fourth-order valence-corrected chi connectivity index (χ4v) is 3.15. The van der Waals surface area contributed by atoms with E-state index in [2.05, 4.69) is 10.3 Å². The number of aromatic nitrogens is 1. The number of hydrogen-bond acceptors (Lipinski definition) is 4. The third-order valence-electron chi connectivity index (χ3n) is 3.85. The summed E-state index contributed by atoms with van der Waals surface area (Å²) in [6.45, 7) is 0. The molecule has 1 amide bonds. The summed E-state index contributed by atoms with van der Waals surface area (Å²) in [5.74, 6) is -0.372. The first-order valence-electron chi connectivity index (χ1n) is 7.76. The highest BCUT2D eigenvalue weighted by Gasteiger charge is 2.21. The summed E-state index contributed by atoms with van der Waals surface area (Å²) in [6.07, 6.45) is 3.32. The van der Waals surface area contributed by atoms with Crippen molar-refractivity contribution >= 4 is 34.2 Å². The van der Waals surface area contributed by atoms with Gasteiger partial charge in [-0.05, 0) is 51.9 Å². The van der Waals surface area contributed by atoms with E-state index in [1.807, 2.05) is 65.1 Å². The van der Waals surface area contributed by atoms with Gasteiger partial charge in [0.25, 0.3) is 11.6 Å². The lowest BCUT2D eigenvalue weighted by molar-refractivity contribution is -0.384. The average molecular weight is 459 g/mol. The van der Waals surface area contributed by atoms with Gasteiger partial charge in [-0.15, -0.1) is 0 Å². The van der Waals surface area contributed by atoms with Crippen LogP contribution < -0.4 is 5.32 Å². The Kier molecular flexibility index (Phi) is 5.57. The van der Waals surface area contributed by atoms with Gasteiger partial charge in [0.15, 0.2) is 0 Å². The van der Waals surface area contributed by atoms with E-state index in [9.17, 15) is 14.9 Å². The average Bonchev–Trinajstić information content (AvgIpc) is 2.67. The number of hydrogen-bond donors (Lipinski definition) is 1. The van der Waals surface area contributed by atoms with Gasteiger partial charge in [-0.1, -0.05) is 30.3 Å². The minimum atomic E-state index is -0.510. The predicted octanol–water partition coefficient (Wildman–Crippen LogP) is 4.11. The van der Waals surface area contributed by atoms with Crippen molar-refractivity contribution in [2.45, 2.75) is 6.04 Å². The molecule has 2 aromatic carbocycles. The van der Waals surface area contributed by atoms with Crippen LogP contribution in [-0.2, 0) is 0 Å². The molecule has 0 spiro atoms. The monoisotopic (exact) mass is 459 g/mol. The second-order valence-corrected chi connectivity index (χ2v) is 6.68. The van der Waals surface area contributed by atoms with E-state index in [1.54, 1.807) is 18.5 Å². The quantitative estimate of drug-likeness (QED) is 0.354. The third-order valence-corrected chi connectivity index (χ3v) is 4.79. The zero-order chi connectivity index (χ0) is 18.5. The van der Waals surface area contributed by atoms with Crippen LogP contribution in [0.5, 0.6) is 0 Å². The summed E-state index contributed by atoms with van der Waals surface area (Å²) in [4.78, 5) is 27.4. The molecule has 0 radical (unpaired) electrons. The number of benzene rings is 2. The molecule has 1 atom stereocenters. The molecule has 3 rings (SSSR count). The Labute approximate surface area is 163 Å². The van der Waals surface area contributed by atoms with Crippen LogP contribution in [0.15, 0.2) is 73.1 Å². The Morgan fingerprint density at radius 1 is 1.04 bits per heavy atom. The number of rotatable bonds is 5. The summed E-state index contributed by atoms with van der Waals surface area (Å²) in [7, 11) is 0. The van der Waals surface area contributed by atoms with Gasteiger partial charge in [0.2, 0.25) is 0 Å². The lowest BCUT2D eigenvalue weighted by Crippen LogP contribution is -2.30. The molecule has 0 aliphatic carbocycles. The van der Waals surface area contributed by atoms with Crippen molar-refractivity contribution in [3.63, 3.8) is 0 Å². The Bertz CT molecular complexity index is 894. The van der Waals surface area contributed by atoms with Gasteiger partial charge in [0.05, 0.1) is 16.5 Å². The molecule has 3 aromatic rings. The molecule has 0 fully saturated rings. The first-order chi connectivity index (χ1) is 12.6. The van der Waals surface area contributed by atoms with Gasteiger partial charge < -0.3 is 5.32 Å². The Hall–Kier alpha value is -2.81. The fourth-order valence-electron chi connectivity index (χ4n) is 2.57. The summed E-state index contributed by atoms with van der Waals surface area (Å²) in [5.41, 5.74) is 1.94. The molecule has 130 valence electrons. The smallest absolute Gasteiger partial charge is 0.270 e. The second-order valence-electron chi connectivity index (χ2n) is 5.52. The molecule has 6 nitrogen and oxygen atoms in total. The maximum Gasteiger partial charge on any atom is 0.270 e. The van der Waals surface area contributed by atoms with Crippen LogP contribution in [0.25, 0.3) is 0 Å². The van der Waals surface area contributed by atoms with Gasteiger partial charge in [-0.25, -0.2) is 0 Å². The molecular formula is C19H14IN3O3. The Balaban J connectivity index is 1.96. The molecule has 0 bridgehead atoms. The van der Waals surface area contributed by atoms with Crippen molar-refractivity contribution < 1.29 is 9.72 Å². The highest BCUT2D eigenvalue weighted by atomic mass is 127. The maximum absolute atomic E-state index is 12.8. The van der Waals surface area contributed by atoms with Crippen LogP contribution in [0, 0.1) is 13.7 Å². The number of carbonyl (C=O) groups is 1. The molecule has 0 saturated carbocycles. The molecule has 0 saturated heterocycles. The maximum atomic E-state index is 12.8. The van der Waals surface area contributed by atoms with Crippen LogP contribution in [0.1, 0.15) is 27.5 Å². The molecule has 1 N–H and O–H groups in total. The molecule has 7 heteroatoms. The van der Waals surface area contributed by atoms with Gasteiger partial charge in [0.1, 0.15) is 0 Å². The lowest BCUT2D eigenvalue weighted by atomic mass is 9.99. The van der Waals surface area contributed by atoms with Crippen LogP contribution in [-0.4, -0.2) is 15.8 Å². The minimum absolute atomic E-state index is 0.115. The van der Waals surface area contributed by atoms with Crippen molar-refractivity contribution in [2.75, 3.05) is 0 Å². The highest BCUT2D eigenvalue weighted by Crippen LogP contribution is 2.24. The molecule has 1 heterocycles. The standard InChI is InChI=1S/C19H14IN3O3/c20-17-7-6-15(23(25)26)12-16(17)19(24)22-18(13-4-2-1-3-5-13)14-8-10-21-11-9-14/h1-12,18H,(H,22,24). The number of pyridine rings is 1. The summed E-state index contributed by atoms with van der Waals surface area (Å²) >= 11 is 2.00. The molecule has 0 aliphatic rings. The summed E-state index contributed by atoms with van der Waals surface area (Å²) in [6, 6.07) is 17.1. The number of amides is 1. The number of nitro groups is 1. The summed E-state index contributed by atoms with van der Waals surface area (Å²) < 4.78 is 0.646. The van der Waals surface area contributed by atoms with Gasteiger partial charge in [-0.2, -0.15) is 0 Å². The topological polar surface area (TPSA) is 85.1 Å². The van der Waals surface area contributed by atoms with Gasteiger partial charge in [0, 0.05) is 28.1 Å². The Morgan fingerprint density at radius 3 is 2.35 bits per heavy atom. The zero-order valence-electron chi connectivity index (χ0n) is 13.5. The molecule has 1 aromatic heterocycles. The largest absolute Gasteiger partial charge is 0.341 e. The third kappa shape index (κ3) is 4.05. The van der Waals surface area contributed by atoms with Crippen molar-refractivity contribution in [3.8, 4) is 0 Å². The number of nitrogens with zero attached hydrogens (tertiary/aromatic N) is 2. The first kappa shape index (κ1) is 18.0. The number of halogens is 1. The number of carbonyl (C=O) groups excluding carboxylic acids is 1. The second kappa shape index (κ2) is 8.05. The number of nitrogens with one attached hydrogen (secondary N) is 1. The fraction of sp³-hybridized carbons (Fsp3) is 0.0526. The van der Waals surface area contributed by atoms with E-state index in [0.29, 0.717) is 3.57 Å². The van der Waals surface area contributed by atoms with Crippen molar-refractivity contribution in [1.29, 1.82) is 0 Å². The molecule has 1 unspecified atom stereocenters. The predicted molar refractivity (Wildman–Crippen MR) is 106 cm³/mol. The van der Waals surface area contributed by atoms with Crippen LogP contribution >= 0.6 is 22.6 Å².